The van der Waals surface area contributed by atoms with Gasteiger partial charge in [0.25, 0.3) is 0 Å². The number of nitrogens with one attached hydrogen (secondary N) is 1. The lowest BCUT2D eigenvalue weighted by Crippen LogP contribution is -1.95. The number of H-pyrrole nitrogens is 1. The quantitative estimate of drug-likeness (QED) is 0.737. The number of carbonyl (C=O) groups is 1. The highest BCUT2D eigenvalue weighted by Crippen LogP contribution is 2.43. The van der Waals surface area contributed by atoms with Crippen LogP contribution in [-0.2, 0) is 0 Å². The molecule has 18 heavy (non-hydrogen) atoms. The number of carboxylic acid groups (broad SMARTS) is 1. The molecule has 1 aliphatic rings. The lowest BCUT2D eigenvalue weighted by molar-refractivity contribution is 0.0690. The Kier molecular flexibility index (Phi) is 2.12. The first-order valence-corrected chi connectivity index (χ1v) is 5.07. The molecule has 0 saturated heterocycles. The topological polar surface area (TPSA) is 105 Å². The van der Waals surface area contributed by atoms with E-state index >= 15 is 0 Å². The van der Waals surface area contributed by atoms with E-state index in [1.807, 2.05) is 0 Å². The molecule has 1 aromatic heterocycles. The summed E-state index contributed by atoms with van der Waals surface area (Å²) in [6.45, 7) is 0.0575. The van der Waals surface area contributed by atoms with Gasteiger partial charge in [-0.3, -0.25) is 5.10 Å². The Hall–Kier alpha value is -2.70. The number of ether oxygens (including phenoxy) is 2. The van der Waals surface area contributed by atoms with Crippen LogP contribution in [0.1, 0.15) is 10.5 Å². The fraction of sp³-hybridized carbons (Fsp3) is 0.0909. The van der Waals surface area contributed by atoms with Crippen LogP contribution in [0.5, 0.6) is 17.2 Å². The predicted octanol–water partition coefficient (Wildman–Crippen LogP) is 1.21. The Bertz CT molecular complexity index is 634. The Morgan fingerprint density at radius 3 is 2.89 bits per heavy atom. The maximum Gasteiger partial charge on any atom is 0.353 e. The maximum absolute atomic E-state index is 10.8. The zero-order valence-electron chi connectivity index (χ0n) is 9.01. The van der Waals surface area contributed by atoms with Crippen molar-refractivity contribution in [2.45, 2.75) is 0 Å². The molecule has 0 amide bonds. The van der Waals surface area contributed by atoms with Gasteiger partial charge in [0.1, 0.15) is 11.4 Å². The van der Waals surface area contributed by atoms with E-state index in [9.17, 15) is 9.90 Å². The van der Waals surface area contributed by atoms with Gasteiger partial charge in [0.15, 0.2) is 11.5 Å². The van der Waals surface area contributed by atoms with Crippen molar-refractivity contribution in [2.24, 2.45) is 0 Å². The number of aromatic hydroxyl groups is 1. The number of aromatic nitrogens is 2. The second-order valence-corrected chi connectivity index (χ2v) is 3.70. The van der Waals surface area contributed by atoms with Gasteiger partial charge in [0.05, 0.1) is 11.3 Å². The van der Waals surface area contributed by atoms with Crippen LogP contribution < -0.4 is 9.47 Å². The molecule has 2 heterocycles. The molecule has 7 nitrogen and oxygen atoms in total. The van der Waals surface area contributed by atoms with Crippen LogP contribution in [0.3, 0.4) is 0 Å². The van der Waals surface area contributed by atoms with Gasteiger partial charge in [-0.2, -0.15) is 5.10 Å². The van der Waals surface area contributed by atoms with Gasteiger partial charge < -0.3 is 19.7 Å². The van der Waals surface area contributed by atoms with E-state index in [2.05, 4.69) is 10.2 Å². The highest BCUT2D eigenvalue weighted by molar-refractivity contribution is 5.87. The van der Waals surface area contributed by atoms with Crippen molar-refractivity contribution in [1.29, 1.82) is 0 Å². The number of aromatic carboxylic acids is 1. The van der Waals surface area contributed by atoms with E-state index < -0.39 is 5.97 Å². The van der Waals surface area contributed by atoms with Gasteiger partial charge in [0, 0.05) is 6.07 Å². The minimum absolute atomic E-state index is 0.00544. The van der Waals surface area contributed by atoms with E-state index in [0.29, 0.717) is 22.8 Å². The number of nitrogens with zero attached hydrogens (tertiary/aromatic N) is 1. The van der Waals surface area contributed by atoms with Crippen molar-refractivity contribution in [3.63, 3.8) is 0 Å². The van der Waals surface area contributed by atoms with Crippen molar-refractivity contribution in [1.82, 2.24) is 10.2 Å². The van der Waals surface area contributed by atoms with E-state index in [1.165, 1.54) is 18.2 Å². The molecule has 92 valence electrons. The minimum atomic E-state index is -1.11. The van der Waals surface area contributed by atoms with Gasteiger partial charge in [-0.15, -0.1) is 0 Å². The largest absolute Gasteiger partial charge is 0.508 e. The average Bonchev–Trinajstić information content (AvgIpc) is 2.95. The Balaban J connectivity index is 2.13. The number of aromatic amines is 1. The standard InChI is InChI=1S/C11H8N2O5/c14-5-1-6(10-9(2-5)17-4-18-10)7-3-8(11(15)16)13-12-7/h1-3,14H,4H2,(H,12,13)(H,15,16). The molecule has 0 atom stereocenters. The smallest absolute Gasteiger partial charge is 0.353 e. The zero-order valence-corrected chi connectivity index (χ0v) is 9.01. The molecule has 1 aromatic carbocycles. The Morgan fingerprint density at radius 2 is 2.17 bits per heavy atom. The molecule has 7 heteroatoms. The predicted molar refractivity (Wildman–Crippen MR) is 58.8 cm³/mol. The monoisotopic (exact) mass is 248 g/mol. The third kappa shape index (κ3) is 1.53. The lowest BCUT2D eigenvalue weighted by Gasteiger charge is -2.03. The summed E-state index contributed by atoms with van der Waals surface area (Å²) in [5.74, 6) is -0.266. The number of benzene rings is 1. The number of hydrogen-bond acceptors (Lipinski definition) is 5. The molecular formula is C11H8N2O5. The Morgan fingerprint density at radius 1 is 1.33 bits per heavy atom. The van der Waals surface area contributed by atoms with Gasteiger partial charge in [-0.05, 0) is 12.1 Å². The van der Waals surface area contributed by atoms with Crippen LogP contribution in [0.2, 0.25) is 0 Å². The first-order valence-electron chi connectivity index (χ1n) is 5.07. The summed E-state index contributed by atoms with van der Waals surface area (Å²) in [4.78, 5) is 10.8. The summed E-state index contributed by atoms with van der Waals surface area (Å²) >= 11 is 0. The highest BCUT2D eigenvalue weighted by Gasteiger charge is 2.22. The average molecular weight is 248 g/mol. The van der Waals surface area contributed by atoms with E-state index in [4.69, 9.17) is 14.6 Å². The van der Waals surface area contributed by atoms with Crippen molar-refractivity contribution >= 4 is 5.97 Å². The normalized spacial score (nSPS) is 12.7. The van der Waals surface area contributed by atoms with Gasteiger partial charge in [-0.1, -0.05) is 0 Å². The molecule has 3 rings (SSSR count). The SMILES string of the molecule is O=C(O)c1cc(-c2cc(O)cc3c2OCO3)n[nH]1. The molecular weight excluding hydrogens is 240 g/mol. The van der Waals surface area contributed by atoms with Gasteiger partial charge >= 0.3 is 5.97 Å². The molecule has 0 aliphatic carbocycles. The van der Waals surface area contributed by atoms with E-state index in [1.54, 1.807) is 0 Å². The molecule has 0 radical (unpaired) electrons. The summed E-state index contributed by atoms with van der Waals surface area (Å²) in [7, 11) is 0. The molecule has 0 saturated carbocycles. The van der Waals surface area contributed by atoms with E-state index in [-0.39, 0.29) is 18.2 Å². The number of hydrogen-bond donors (Lipinski definition) is 3. The third-order valence-electron chi connectivity index (χ3n) is 2.54. The van der Waals surface area contributed by atoms with Crippen LogP contribution in [-0.4, -0.2) is 33.2 Å². The number of rotatable bonds is 2. The molecule has 2 aromatic rings. The molecule has 0 fully saturated rings. The van der Waals surface area contributed by atoms with Crippen LogP contribution in [0.25, 0.3) is 11.3 Å². The van der Waals surface area contributed by atoms with Gasteiger partial charge in [0.2, 0.25) is 6.79 Å². The second kappa shape index (κ2) is 3.66. The van der Waals surface area contributed by atoms with Crippen LogP contribution >= 0.6 is 0 Å². The molecule has 1 aliphatic heterocycles. The van der Waals surface area contributed by atoms with Crippen LogP contribution in [0.4, 0.5) is 0 Å². The zero-order chi connectivity index (χ0) is 12.7. The third-order valence-corrected chi connectivity index (χ3v) is 2.54. The maximum atomic E-state index is 10.8. The summed E-state index contributed by atoms with van der Waals surface area (Å²) in [5.41, 5.74) is 0.803. The summed E-state index contributed by atoms with van der Waals surface area (Å²) in [6.07, 6.45) is 0. The van der Waals surface area contributed by atoms with Gasteiger partial charge in [-0.25, -0.2) is 4.79 Å². The first kappa shape index (κ1) is 10.5. The van der Waals surface area contributed by atoms with Crippen molar-refractivity contribution in [2.75, 3.05) is 6.79 Å². The molecule has 0 bridgehead atoms. The number of phenolic OH excluding ortho intramolecular Hbond substituents is 1. The Labute approximate surface area is 101 Å². The number of phenols is 1. The van der Waals surface area contributed by atoms with E-state index in [0.717, 1.165) is 0 Å². The van der Waals surface area contributed by atoms with Crippen molar-refractivity contribution < 1.29 is 24.5 Å². The summed E-state index contributed by atoms with van der Waals surface area (Å²) in [6, 6.07) is 4.23. The lowest BCUT2D eigenvalue weighted by atomic mass is 10.1. The summed E-state index contributed by atoms with van der Waals surface area (Å²) in [5, 5.41) is 24.6. The van der Waals surface area contributed by atoms with Crippen molar-refractivity contribution in [3.05, 3.63) is 23.9 Å². The second-order valence-electron chi connectivity index (χ2n) is 3.70. The molecule has 3 N–H and O–H groups in total. The fourth-order valence-electron chi connectivity index (χ4n) is 1.76. The summed E-state index contributed by atoms with van der Waals surface area (Å²) < 4.78 is 10.4. The van der Waals surface area contributed by atoms with Crippen molar-refractivity contribution in [3.8, 4) is 28.5 Å². The highest BCUT2D eigenvalue weighted by atomic mass is 16.7. The van der Waals surface area contributed by atoms with Crippen LogP contribution in [0.15, 0.2) is 18.2 Å². The number of fused-ring (bicyclic) bond motifs is 1. The first-order chi connectivity index (χ1) is 8.65. The number of carboxylic acids is 1. The minimum Gasteiger partial charge on any atom is -0.508 e. The molecule has 0 unspecified atom stereocenters. The fourth-order valence-corrected chi connectivity index (χ4v) is 1.76. The molecule has 0 spiro atoms. The van der Waals surface area contributed by atoms with Crippen LogP contribution in [0, 0.1) is 0 Å².